The summed E-state index contributed by atoms with van der Waals surface area (Å²) in [5.41, 5.74) is 1.32. The Morgan fingerprint density at radius 3 is 2.67 bits per heavy atom. The van der Waals surface area contributed by atoms with Crippen molar-refractivity contribution in [1.82, 2.24) is 14.5 Å². The van der Waals surface area contributed by atoms with Crippen molar-refractivity contribution in [3.05, 3.63) is 59.7 Å². The second kappa shape index (κ2) is 6.38. The van der Waals surface area contributed by atoms with E-state index in [1.807, 2.05) is 38.1 Å². The fourth-order valence-corrected chi connectivity index (χ4v) is 3.82. The summed E-state index contributed by atoms with van der Waals surface area (Å²) in [7, 11) is 0. The van der Waals surface area contributed by atoms with E-state index >= 15 is 0 Å². The standard InChI is InChI=1S/C20H23N3O4/c1-11-6-4-5-7-13(11)15(24)17-20(3,26)16(25)19(27-17)23-9-8-14-12(2)21-10-22-18(14)23/h4-10,15-17,19,24-26H,1-3H3/t15-,16-,17+,19+,20-/m0/s1. The molecule has 0 amide bonds. The van der Waals surface area contributed by atoms with Gasteiger partial charge in [-0.1, -0.05) is 24.3 Å². The third-order valence-electron chi connectivity index (χ3n) is 5.51. The van der Waals surface area contributed by atoms with Gasteiger partial charge in [0, 0.05) is 11.6 Å². The van der Waals surface area contributed by atoms with E-state index < -0.39 is 30.1 Å². The number of ether oxygens (including phenoxy) is 1. The molecule has 0 unspecified atom stereocenters. The molecule has 142 valence electrons. The predicted molar refractivity (Wildman–Crippen MR) is 98.9 cm³/mol. The van der Waals surface area contributed by atoms with Crippen LogP contribution < -0.4 is 0 Å². The minimum absolute atomic E-state index is 0.605. The molecule has 0 spiro atoms. The quantitative estimate of drug-likeness (QED) is 0.651. The van der Waals surface area contributed by atoms with E-state index in [2.05, 4.69) is 9.97 Å². The molecule has 0 bridgehead atoms. The van der Waals surface area contributed by atoms with Gasteiger partial charge in [0.25, 0.3) is 0 Å². The average Bonchev–Trinajstić information content (AvgIpc) is 3.16. The Kier molecular flexibility index (Phi) is 4.27. The summed E-state index contributed by atoms with van der Waals surface area (Å²) < 4.78 is 7.68. The van der Waals surface area contributed by atoms with Crippen molar-refractivity contribution < 1.29 is 20.1 Å². The molecule has 1 aliphatic heterocycles. The Hall–Kier alpha value is -2.32. The van der Waals surface area contributed by atoms with Crippen LogP contribution in [0.5, 0.6) is 0 Å². The number of benzene rings is 1. The zero-order valence-electron chi connectivity index (χ0n) is 15.4. The second-order valence-electron chi connectivity index (χ2n) is 7.34. The first-order chi connectivity index (χ1) is 12.8. The first kappa shape index (κ1) is 18.1. The summed E-state index contributed by atoms with van der Waals surface area (Å²) in [6.07, 6.45) is -1.01. The smallest absolute Gasteiger partial charge is 0.164 e. The summed E-state index contributed by atoms with van der Waals surface area (Å²) in [5.74, 6) is 0. The number of rotatable bonds is 3. The lowest BCUT2D eigenvalue weighted by Gasteiger charge is -2.30. The number of aliphatic hydroxyl groups is 3. The summed E-state index contributed by atoms with van der Waals surface area (Å²) in [6, 6.07) is 9.23. The SMILES string of the molecule is Cc1ccccc1[C@H](O)[C@H]1O[C@@H](n2ccc3c(C)ncnc32)[C@H](O)[C@]1(C)O. The lowest BCUT2D eigenvalue weighted by Crippen LogP contribution is -2.47. The topological polar surface area (TPSA) is 101 Å². The average molecular weight is 369 g/mol. The second-order valence-corrected chi connectivity index (χ2v) is 7.34. The highest BCUT2D eigenvalue weighted by Crippen LogP contribution is 2.43. The van der Waals surface area contributed by atoms with Crippen molar-refractivity contribution in [3.8, 4) is 0 Å². The maximum atomic E-state index is 11.0. The highest BCUT2D eigenvalue weighted by Gasteiger charge is 2.56. The molecule has 2 aromatic heterocycles. The maximum absolute atomic E-state index is 11.0. The minimum atomic E-state index is -1.65. The van der Waals surface area contributed by atoms with Crippen LogP contribution in [-0.4, -0.2) is 47.7 Å². The Balaban J connectivity index is 1.73. The van der Waals surface area contributed by atoms with Crippen LogP contribution in [0.15, 0.2) is 42.9 Å². The molecular weight excluding hydrogens is 346 g/mol. The largest absolute Gasteiger partial charge is 0.386 e. The van der Waals surface area contributed by atoms with Gasteiger partial charge in [-0.25, -0.2) is 9.97 Å². The van der Waals surface area contributed by atoms with E-state index in [9.17, 15) is 15.3 Å². The lowest BCUT2D eigenvalue weighted by molar-refractivity contribution is -0.115. The van der Waals surface area contributed by atoms with Crippen LogP contribution in [0.4, 0.5) is 0 Å². The molecule has 1 aliphatic rings. The van der Waals surface area contributed by atoms with Crippen molar-refractivity contribution in [3.63, 3.8) is 0 Å². The normalized spacial score (nSPS) is 29.3. The van der Waals surface area contributed by atoms with Gasteiger partial charge in [-0.3, -0.25) is 0 Å². The zero-order chi connectivity index (χ0) is 19.3. The van der Waals surface area contributed by atoms with Gasteiger partial charge in [0.2, 0.25) is 0 Å². The molecule has 0 saturated carbocycles. The third-order valence-corrected chi connectivity index (χ3v) is 5.51. The van der Waals surface area contributed by atoms with Gasteiger partial charge in [-0.2, -0.15) is 0 Å². The number of hydrogen-bond donors (Lipinski definition) is 3. The summed E-state index contributed by atoms with van der Waals surface area (Å²) in [4.78, 5) is 8.46. The van der Waals surface area contributed by atoms with Gasteiger partial charge >= 0.3 is 0 Å². The molecule has 1 fully saturated rings. The molecule has 5 atom stereocenters. The number of nitrogens with zero attached hydrogens (tertiary/aromatic N) is 3. The number of aryl methyl sites for hydroxylation is 2. The fourth-order valence-electron chi connectivity index (χ4n) is 3.82. The van der Waals surface area contributed by atoms with E-state index in [1.165, 1.54) is 13.3 Å². The Labute approximate surface area is 156 Å². The van der Waals surface area contributed by atoms with Gasteiger partial charge in [-0.15, -0.1) is 0 Å². The molecule has 7 nitrogen and oxygen atoms in total. The minimum Gasteiger partial charge on any atom is -0.386 e. The van der Waals surface area contributed by atoms with Gasteiger partial charge in [0.15, 0.2) is 6.23 Å². The molecule has 1 aromatic carbocycles. The van der Waals surface area contributed by atoms with Crippen molar-refractivity contribution >= 4 is 11.0 Å². The van der Waals surface area contributed by atoms with Gasteiger partial charge in [0.1, 0.15) is 35.9 Å². The molecule has 7 heteroatoms. The molecule has 3 N–H and O–H groups in total. The van der Waals surface area contributed by atoms with Crippen molar-refractivity contribution in [2.45, 2.75) is 50.9 Å². The number of aromatic nitrogens is 3. The molecule has 1 saturated heterocycles. The molecule has 0 aliphatic carbocycles. The lowest BCUT2D eigenvalue weighted by atomic mass is 9.87. The van der Waals surface area contributed by atoms with Gasteiger partial charge < -0.3 is 24.6 Å². The summed E-state index contributed by atoms with van der Waals surface area (Å²) in [6.45, 7) is 5.24. The Morgan fingerprint density at radius 1 is 1.19 bits per heavy atom. The monoisotopic (exact) mass is 369 g/mol. The van der Waals surface area contributed by atoms with Crippen LogP contribution in [0, 0.1) is 13.8 Å². The van der Waals surface area contributed by atoms with Crippen LogP contribution in [0.1, 0.15) is 36.1 Å². The molecule has 3 aromatic rings. The molecule has 27 heavy (non-hydrogen) atoms. The Morgan fingerprint density at radius 2 is 1.93 bits per heavy atom. The highest BCUT2D eigenvalue weighted by atomic mass is 16.6. The van der Waals surface area contributed by atoms with Gasteiger partial charge in [0.05, 0.1) is 5.69 Å². The van der Waals surface area contributed by atoms with Gasteiger partial charge in [-0.05, 0) is 38.0 Å². The van der Waals surface area contributed by atoms with E-state index in [0.29, 0.717) is 11.2 Å². The molecule has 3 heterocycles. The van der Waals surface area contributed by atoms with Crippen LogP contribution in [-0.2, 0) is 4.74 Å². The number of fused-ring (bicyclic) bond motifs is 1. The van der Waals surface area contributed by atoms with Crippen molar-refractivity contribution in [1.29, 1.82) is 0 Å². The first-order valence-electron chi connectivity index (χ1n) is 8.90. The molecular formula is C20H23N3O4. The number of aliphatic hydroxyl groups excluding tert-OH is 2. The molecule has 0 radical (unpaired) electrons. The van der Waals surface area contributed by atoms with Crippen LogP contribution in [0.2, 0.25) is 0 Å². The predicted octanol–water partition coefficient (Wildman–Crippen LogP) is 1.79. The van der Waals surface area contributed by atoms with Crippen molar-refractivity contribution in [2.75, 3.05) is 0 Å². The third kappa shape index (κ3) is 2.74. The fraction of sp³-hybridized carbons (Fsp3) is 0.400. The van der Waals surface area contributed by atoms with E-state index in [4.69, 9.17) is 4.74 Å². The van der Waals surface area contributed by atoms with E-state index in [1.54, 1.807) is 16.8 Å². The van der Waals surface area contributed by atoms with Crippen LogP contribution in [0.25, 0.3) is 11.0 Å². The molecule has 4 rings (SSSR count). The van der Waals surface area contributed by atoms with Crippen LogP contribution >= 0.6 is 0 Å². The maximum Gasteiger partial charge on any atom is 0.164 e. The van der Waals surface area contributed by atoms with Crippen LogP contribution in [0.3, 0.4) is 0 Å². The van der Waals surface area contributed by atoms with E-state index in [0.717, 1.165) is 16.6 Å². The van der Waals surface area contributed by atoms with E-state index in [-0.39, 0.29) is 0 Å². The summed E-state index contributed by atoms with van der Waals surface area (Å²) >= 11 is 0. The zero-order valence-corrected chi connectivity index (χ0v) is 15.4. The summed E-state index contributed by atoms with van der Waals surface area (Å²) in [5, 5.41) is 33.5. The highest BCUT2D eigenvalue weighted by molar-refractivity contribution is 5.78. The Bertz CT molecular complexity index is 984. The van der Waals surface area contributed by atoms with Crippen molar-refractivity contribution in [2.24, 2.45) is 0 Å². The first-order valence-corrected chi connectivity index (χ1v) is 8.90. The number of hydrogen-bond acceptors (Lipinski definition) is 6.